The molecule has 5 rings (SSSR count). The number of para-hydroxylation sites is 3. The smallest absolute Gasteiger partial charge is 0.0709 e. The quantitative estimate of drug-likeness (QED) is 0.299. The Kier molecular flexibility index (Phi) is 5.27. The normalized spacial score (nSPS) is 11.1. The standard InChI is InChI=1S/C29H22N2/c1-3-10-26(11-4-1)31(27-12-5-2-6-13-27)28-21-16-23(17-22-28)15-19-25-20-18-24-9-7-8-14-29(24)30-25/h1-22H. The van der Waals surface area contributed by atoms with Crippen molar-refractivity contribution in [3.63, 3.8) is 0 Å². The highest BCUT2D eigenvalue weighted by atomic mass is 15.1. The molecule has 0 unspecified atom stereocenters. The van der Waals surface area contributed by atoms with E-state index < -0.39 is 0 Å². The van der Waals surface area contributed by atoms with E-state index >= 15 is 0 Å². The molecule has 0 aliphatic heterocycles. The second kappa shape index (κ2) is 8.68. The van der Waals surface area contributed by atoms with Crippen molar-refractivity contribution in [2.24, 2.45) is 0 Å². The van der Waals surface area contributed by atoms with Crippen molar-refractivity contribution in [2.45, 2.75) is 0 Å². The average Bonchev–Trinajstić information content (AvgIpc) is 2.85. The lowest BCUT2D eigenvalue weighted by molar-refractivity contribution is 1.28. The summed E-state index contributed by atoms with van der Waals surface area (Å²) in [5.74, 6) is 0. The highest BCUT2D eigenvalue weighted by molar-refractivity contribution is 5.81. The van der Waals surface area contributed by atoms with Crippen molar-refractivity contribution in [3.8, 4) is 0 Å². The monoisotopic (exact) mass is 398 g/mol. The molecule has 0 amide bonds. The van der Waals surface area contributed by atoms with Gasteiger partial charge < -0.3 is 4.90 Å². The van der Waals surface area contributed by atoms with Crippen LogP contribution in [-0.2, 0) is 0 Å². The van der Waals surface area contributed by atoms with E-state index in [2.05, 4.69) is 108 Å². The Morgan fingerprint density at radius 1 is 0.484 bits per heavy atom. The number of hydrogen-bond acceptors (Lipinski definition) is 2. The third-order valence-electron chi connectivity index (χ3n) is 5.25. The lowest BCUT2D eigenvalue weighted by Gasteiger charge is -2.25. The summed E-state index contributed by atoms with van der Waals surface area (Å²) in [7, 11) is 0. The molecule has 0 saturated heterocycles. The largest absolute Gasteiger partial charge is 0.311 e. The van der Waals surface area contributed by atoms with Crippen LogP contribution in [-0.4, -0.2) is 4.98 Å². The van der Waals surface area contributed by atoms with Gasteiger partial charge in [0.15, 0.2) is 0 Å². The van der Waals surface area contributed by atoms with Gasteiger partial charge in [-0.15, -0.1) is 0 Å². The van der Waals surface area contributed by atoms with E-state index in [0.717, 1.165) is 39.2 Å². The molecule has 148 valence electrons. The molecule has 4 aromatic carbocycles. The van der Waals surface area contributed by atoms with Crippen LogP contribution in [0.5, 0.6) is 0 Å². The number of anilines is 3. The molecular formula is C29H22N2. The fourth-order valence-electron chi connectivity index (χ4n) is 3.69. The van der Waals surface area contributed by atoms with Crippen molar-refractivity contribution in [1.29, 1.82) is 0 Å². The van der Waals surface area contributed by atoms with Gasteiger partial charge in [0.1, 0.15) is 0 Å². The molecular weight excluding hydrogens is 376 g/mol. The molecule has 2 nitrogen and oxygen atoms in total. The third-order valence-corrected chi connectivity index (χ3v) is 5.25. The Morgan fingerprint density at radius 2 is 1.06 bits per heavy atom. The molecule has 5 aromatic rings. The SMILES string of the molecule is C(=Cc1ccc2ccccc2n1)c1ccc(N(c2ccccc2)c2ccccc2)cc1. The van der Waals surface area contributed by atoms with E-state index in [1.54, 1.807) is 0 Å². The van der Waals surface area contributed by atoms with Crippen molar-refractivity contribution in [2.75, 3.05) is 4.90 Å². The van der Waals surface area contributed by atoms with E-state index in [1.165, 1.54) is 0 Å². The molecule has 0 fully saturated rings. The number of hydrogen-bond donors (Lipinski definition) is 0. The molecule has 0 aliphatic rings. The highest BCUT2D eigenvalue weighted by Gasteiger charge is 2.11. The maximum Gasteiger partial charge on any atom is 0.0709 e. The van der Waals surface area contributed by atoms with Crippen LogP contribution in [0.4, 0.5) is 17.1 Å². The molecule has 1 heterocycles. The molecule has 0 atom stereocenters. The average molecular weight is 399 g/mol. The lowest BCUT2D eigenvalue weighted by Crippen LogP contribution is -2.09. The fourth-order valence-corrected chi connectivity index (χ4v) is 3.69. The maximum atomic E-state index is 4.72. The van der Waals surface area contributed by atoms with E-state index in [0.29, 0.717) is 0 Å². The van der Waals surface area contributed by atoms with Gasteiger partial charge in [-0.1, -0.05) is 78.9 Å². The Hall–Kier alpha value is -4.17. The minimum Gasteiger partial charge on any atom is -0.311 e. The van der Waals surface area contributed by atoms with Crippen LogP contribution in [0.2, 0.25) is 0 Å². The molecule has 31 heavy (non-hydrogen) atoms. The molecule has 0 aliphatic carbocycles. The second-order valence-corrected chi connectivity index (χ2v) is 7.36. The number of aromatic nitrogens is 1. The number of nitrogens with zero attached hydrogens (tertiary/aromatic N) is 2. The van der Waals surface area contributed by atoms with Crippen LogP contribution in [0.3, 0.4) is 0 Å². The molecule has 1 aromatic heterocycles. The van der Waals surface area contributed by atoms with Crippen LogP contribution in [0.25, 0.3) is 23.1 Å². The number of fused-ring (bicyclic) bond motifs is 1. The summed E-state index contributed by atoms with van der Waals surface area (Å²) >= 11 is 0. The molecule has 0 N–H and O–H groups in total. The van der Waals surface area contributed by atoms with Crippen molar-refractivity contribution in [1.82, 2.24) is 4.98 Å². The van der Waals surface area contributed by atoms with Crippen molar-refractivity contribution in [3.05, 3.63) is 133 Å². The summed E-state index contributed by atoms with van der Waals surface area (Å²) in [5.41, 5.74) is 6.51. The Bertz CT molecular complexity index is 1270. The first-order chi connectivity index (χ1) is 15.4. The van der Waals surface area contributed by atoms with Crippen LogP contribution in [0, 0.1) is 0 Å². The van der Waals surface area contributed by atoms with Crippen molar-refractivity contribution < 1.29 is 0 Å². The van der Waals surface area contributed by atoms with Gasteiger partial charge in [-0.3, -0.25) is 0 Å². The van der Waals surface area contributed by atoms with Crippen LogP contribution >= 0.6 is 0 Å². The van der Waals surface area contributed by atoms with Gasteiger partial charge in [0.2, 0.25) is 0 Å². The van der Waals surface area contributed by atoms with E-state index in [4.69, 9.17) is 4.98 Å². The zero-order valence-corrected chi connectivity index (χ0v) is 17.1. The lowest BCUT2D eigenvalue weighted by atomic mass is 10.1. The minimum atomic E-state index is 0.956. The Labute approximate surface area is 182 Å². The van der Waals surface area contributed by atoms with Gasteiger partial charge in [0, 0.05) is 22.4 Å². The Balaban J connectivity index is 1.43. The first-order valence-corrected chi connectivity index (χ1v) is 10.4. The zero-order chi connectivity index (χ0) is 20.9. The topological polar surface area (TPSA) is 16.1 Å². The Morgan fingerprint density at radius 3 is 1.74 bits per heavy atom. The van der Waals surface area contributed by atoms with Crippen LogP contribution in [0.1, 0.15) is 11.3 Å². The van der Waals surface area contributed by atoms with Crippen molar-refractivity contribution >= 4 is 40.1 Å². The maximum absolute atomic E-state index is 4.72. The first-order valence-electron chi connectivity index (χ1n) is 10.4. The first kappa shape index (κ1) is 18.8. The molecule has 2 heteroatoms. The zero-order valence-electron chi connectivity index (χ0n) is 17.1. The number of rotatable bonds is 5. The molecule has 0 spiro atoms. The molecule has 0 bridgehead atoms. The minimum absolute atomic E-state index is 0.956. The van der Waals surface area contributed by atoms with E-state index in [1.807, 2.05) is 30.3 Å². The highest BCUT2D eigenvalue weighted by Crippen LogP contribution is 2.34. The van der Waals surface area contributed by atoms with Gasteiger partial charge in [-0.05, 0) is 60.2 Å². The van der Waals surface area contributed by atoms with E-state index in [-0.39, 0.29) is 0 Å². The summed E-state index contributed by atoms with van der Waals surface area (Å²) in [4.78, 5) is 6.98. The summed E-state index contributed by atoms with van der Waals surface area (Å²) in [6.45, 7) is 0. The van der Waals surface area contributed by atoms with Gasteiger partial charge in [-0.25, -0.2) is 4.98 Å². The van der Waals surface area contributed by atoms with Gasteiger partial charge >= 0.3 is 0 Å². The summed E-state index contributed by atoms with van der Waals surface area (Å²) < 4.78 is 0. The number of benzene rings is 4. The number of pyridine rings is 1. The predicted molar refractivity (Wildman–Crippen MR) is 132 cm³/mol. The van der Waals surface area contributed by atoms with Gasteiger partial charge in [0.25, 0.3) is 0 Å². The third kappa shape index (κ3) is 4.24. The fraction of sp³-hybridized carbons (Fsp3) is 0. The molecule has 0 radical (unpaired) electrons. The van der Waals surface area contributed by atoms with Gasteiger partial charge in [0.05, 0.1) is 11.2 Å². The van der Waals surface area contributed by atoms with Crippen LogP contribution < -0.4 is 4.90 Å². The molecule has 0 saturated carbocycles. The van der Waals surface area contributed by atoms with Crippen LogP contribution in [0.15, 0.2) is 121 Å². The predicted octanol–water partition coefficient (Wildman–Crippen LogP) is 7.88. The summed E-state index contributed by atoms with van der Waals surface area (Å²) in [6, 6.07) is 41.8. The summed E-state index contributed by atoms with van der Waals surface area (Å²) in [5, 5.41) is 1.16. The summed E-state index contributed by atoms with van der Waals surface area (Å²) in [6.07, 6.45) is 4.17. The van der Waals surface area contributed by atoms with E-state index in [9.17, 15) is 0 Å². The second-order valence-electron chi connectivity index (χ2n) is 7.36. The van der Waals surface area contributed by atoms with Gasteiger partial charge in [-0.2, -0.15) is 0 Å².